The number of aliphatic hydroxyl groups is 1. The Morgan fingerprint density at radius 2 is 1.74 bits per heavy atom. The van der Waals surface area contributed by atoms with E-state index in [4.69, 9.17) is 9.05 Å². The summed E-state index contributed by atoms with van der Waals surface area (Å²) in [6.07, 6.45) is 0.860. The molecule has 1 aromatic heterocycles. The zero-order valence-corrected chi connectivity index (χ0v) is 12.9. The second kappa shape index (κ2) is 6.14. The lowest BCUT2D eigenvalue weighted by atomic mass is 10.2. The Kier molecular flexibility index (Phi) is 5.27. The van der Waals surface area contributed by atoms with Gasteiger partial charge in [-0.2, -0.15) is 0 Å². The van der Waals surface area contributed by atoms with E-state index in [0.717, 1.165) is 0 Å². The summed E-state index contributed by atoms with van der Waals surface area (Å²) >= 11 is 0. The highest BCUT2D eigenvalue weighted by molar-refractivity contribution is 7.54. The van der Waals surface area contributed by atoms with Crippen molar-refractivity contribution in [3.8, 4) is 0 Å². The van der Waals surface area contributed by atoms with Crippen LogP contribution in [0.2, 0.25) is 0 Å². The van der Waals surface area contributed by atoms with Gasteiger partial charge in [-0.05, 0) is 46.8 Å². The number of pyridine rings is 1. The average Bonchev–Trinajstić information content (AvgIpc) is 2.27. The molecular weight excluding hydrogens is 265 g/mol. The summed E-state index contributed by atoms with van der Waals surface area (Å²) in [5, 5.41) is 8.84. The lowest BCUT2D eigenvalue weighted by Crippen LogP contribution is -2.28. The van der Waals surface area contributed by atoms with Crippen molar-refractivity contribution in [2.75, 3.05) is 0 Å². The minimum absolute atomic E-state index is 0.264. The SMILES string of the molecule is CC(C)OP(=O)(OC(C)C)C(C)(O)c1ccccn1. The minimum Gasteiger partial charge on any atom is -0.372 e. The maximum atomic E-state index is 12.9. The van der Waals surface area contributed by atoms with Gasteiger partial charge in [-0.3, -0.25) is 9.55 Å². The van der Waals surface area contributed by atoms with Gasteiger partial charge in [-0.15, -0.1) is 0 Å². The minimum atomic E-state index is -3.76. The summed E-state index contributed by atoms with van der Waals surface area (Å²) in [5.74, 6) is 0. The molecule has 0 saturated heterocycles. The monoisotopic (exact) mass is 287 g/mol. The molecule has 1 unspecified atom stereocenters. The molecule has 0 spiro atoms. The highest BCUT2D eigenvalue weighted by atomic mass is 31.2. The largest absolute Gasteiger partial charge is 0.372 e. The molecule has 19 heavy (non-hydrogen) atoms. The Morgan fingerprint density at radius 1 is 1.21 bits per heavy atom. The number of aromatic nitrogens is 1. The van der Waals surface area contributed by atoms with E-state index in [0.29, 0.717) is 0 Å². The lowest BCUT2D eigenvalue weighted by molar-refractivity contribution is 0.0507. The highest BCUT2D eigenvalue weighted by Gasteiger charge is 2.49. The molecule has 1 aromatic rings. The Balaban J connectivity index is 3.19. The molecule has 0 aliphatic carbocycles. The molecule has 108 valence electrons. The Bertz CT molecular complexity index is 431. The van der Waals surface area contributed by atoms with Crippen LogP contribution in [0.25, 0.3) is 0 Å². The topological polar surface area (TPSA) is 68.7 Å². The Hall–Kier alpha value is -0.740. The zero-order valence-electron chi connectivity index (χ0n) is 12.0. The van der Waals surface area contributed by atoms with E-state index < -0.39 is 12.9 Å². The van der Waals surface area contributed by atoms with Crippen molar-refractivity contribution in [3.05, 3.63) is 30.1 Å². The molecule has 1 heterocycles. The number of hydrogen-bond acceptors (Lipinski definition) is 5. The third-order valence-corrected chi connectivity index (χ3v) is 5.08. The van der Waals surface area contributed by atoms with Crippen LogP contribution in [-0.2, 0) is 19.0 Å². The van der Waals surface area contributed by atoms with Crippen LogP contribution in [0.1, 0.15) is 40.3 Å². The van der Waals surface area contributed by atoms with Gasteiger partial charge in [-0.25, -0.2) is 0 Å². The van der Waals surface area contributed by atoms with Crippen molar-refractivity contribution in [1.82, 2.24) is 4.98 Å². The van der Waals surface area contributed by atoms with E-state index in [-0.39, 0.29) is 17.9 Å². The highest BCUT2D eigenvalue weighted by Crippen LogP contribution is 2.64. The van der Waals surface area contributed by atoms with Crippen LogP contribution < -0.4 is 0 Å². The van der Waals surface area contributed by atoms with Gasteiger partial charge in [0.15, 0.2) is 0 Å². The predicted octanol–water partition coefficient (Wildman–Crippen LogP) is 3.29. The van der Waals surface area contributed by atoms with E-state index in [2.05, 4.69) is 4.98 Å². The Labute approximate surface area is 114 Å². The summed E-state index contributed by atoms with van der Waals surface area (Å²) in [6.45, 7) is 8.37. The van der Waals surface area contributed by atoms with Crippen molar-refractivity contribution in [1.29, 1.82) is 0 Å². The van der Waals surface area contributed by atoms with Gasteiger partial charge in [0.05, 0.1) is 17.9 Å². The van der Waals surface area contributed by atoms with E-state index in [1.54, 1.807) is 45.9 Å². The van der Waals surface area contributed by atoms with Gasteiger partial charge in [0.1, 0.15) is 0 Å². The van der Waals surface area contributed by atoms with Crippen LogP contribution in [0.15, 0.2) is 24.4 Å². The van der Waals surface area contributed by atoms with Gasteiger partial charge < -0.3 is 14.2 Å². The van der Waals surface area contributed by atoms with Crippen molar-refractivity contribution < 1.29 is 18.7 Å². The second-order valence-electron chi connectivity index (χ2n) is 5.04. The summed E-state index contributed by atoms with van der Waals surface area (Å²) < 4.78 is 23.7. The van der Waals surface area contributed by atoms with Gasteiger partial charge >= 0.3 is 7.60 Å². The molecule has 1 N–H and O–H groups in total. The van der Waals surface area contributed by atoms with Crippen molar-refractivity contribution in [2.24, 2.45) is 0 Å². The number of rotatable bonds is 6. The molecule has 0 saturated carbocycles. The molecule has 0 aliphatic rings. The molecule has 0 aromatic carbocycles. The summed E-state index contributed by atoms with van der Waals surface area (Å²) in [5.41, 5.74) is 0.264. The third kappa shape index (κ3) is 3.86. The maximum absolute atomic E-state index is 12.9. The lowest BCUT2D eigenvalue weighted by Gasteiger charge is -2.33. The van der Waals surface area contributed by atoms with Crippen molar-refractivity contribution in [2.45, 2.75) is 52.2 Å². The Morgan fingerprint density at radius 3 is 2.11 bits per heavy atom. The molecule has 0 bridgehead atoms. The normalized spacial score (nSPS) is 15.8. The molecule has 0 amide bonds. The van der Waals surface area contributed by atoms with Crippen molar-refractivity contribution in [3.63, 3.8) is 0 Å². The fraction of sp³-hybridized carbons (Fsp3) is 0.615. The van der Waals surface area contributed by atoms with Gasteiger partial charge in [0.25, 0.3) is 0 Å². The fourth-order valence-corrected chi connectivity index (χ4v) is 3.55. The number of nitrogens with zero attached hydrogens (tertiary/aromatic N) is 1. The van der Waals surface area contributed by atoms with Gasteiger partial charge in [0, 0.05) is 6.20 Å². The fourth-order valence-electron chi connectivity index (χ4n) is 1.57. The molecular formula is C13H22NO4P. The van der Waals surface area contributed by atoms with Gasteiger partial charge in [0.2, 0.25) is 5.34 Å². The van der Waals surface area contributed by atoms with Crippen LogP contribution in [0.5, 0.6) is 0 Å². The summed E-state index contributed by atoms with van der Waals surface area (Å²) in [4.78, 5) is 4.05. The van der Waals surface area contributed by atoms with E-state index >= 15 is 0 Å². The van der Waals surface area contributed by atoms with Crippen LogP contribution in [0, 0.1) is 0 Å². The first-order chi connectivity index (χ1) is 8.69. The first-order valence-corrected chi connectivity index (χ1v) is 7.84. The predicted molar refractivity (Wildman–Crippen MR) is 73.9 cm³/mol. The van der Waals surface area contributed by atoms with E-state index in [1.807, 2.05) is 0 Å². The van der Waals surface area contributed by atoms with Crippen molar-refractivity contribution >= 4 is 7.60 Å². The first kappa shape index (κ1) is 16.3. The molecule has 6 heteroatoms. The third-order valence-electron chi connectivity index (χ3n) is 2.38. The maximum Gasteiger partial charge on any atom is 0.368 e. The molecule has 1 rings (SSSR count). The molecule has 1 atom stereocenters. The molecule has 0 fully saturated rings. The molecule has 0 aliphatic heterocycles. The summed E-state index contributed by atoms with van der Waals surface area (Å²) in [6, 6.07) is 5.03. The quantitative estimate of drug-likeness (QED) is 0.813. The smallest absolute Gasteiger partial charge is 0.368 e. The summed E-state index contributed by atoms with van der Waals surface area (Å²) in [7, 11) is -3.76. The van der Waals surface area contributed by atoms with Crippen LogP contribution >= 0.6 is 7.60 Å². The van der Waals surface area contributed by atoms with Crippen LogP contribution in [0.3, 0.4) is 0 Å². The molecule has 0 radical (unpaired) electrons. The second-order valence-corrected chi connectivity index (χ2v) is 7.33. The zero-order chi connectivity index (χ0) is 14.7. The molecule has 5 nitrogen and oxygen atoms in total. The average molecular weight is 287 g/mol. The number of hydrogen-bond donors (Lipinski definition) is 1. The van der Waals surface area contributed by atoms with E-state index in [9.17, 15) is 9.67 Å². The van der Waals surface area contributed by atoms with Crippen LogP contribution in [0.4, 0.5) is 0 Å². The van der Waals surface area contributed by atoms with E-state index in [1.165, 1.54) is 13.1 Å². The first-order valence-electron chi connectivity index (χ1n) is 6.30. The van der Waals surface area contributed by atoms with Gasteiger partial charge in [-0.1, -0.05) is 6.07 Å². The standard InChI is InChI=1S/C13H22NO4P/c1-10(2)17-19(16,18-11(3)4)13(5,15)12-8-6-7-9-14-12/h6-11,15H,1-5H3. The van der Waals surface area contributed by atoms with Crippen LogP contribution in [-0.4, -0.2) is 22.3 Å².